The van der Waals surface area contributed by atoms with E-state index in [2.05, 4.69) is 24.3 Å². The molecule has 0 aromatic heterocycles. The molecule has 1 aromatic carbocycles. The molecule has 3 rings (SSSR count). The molecule has 2 aliphatic heterocycles. The van der Waals surface area contributed by atoms with Crippen molar-refractivity contribution in [1.29, 1.82) is 0 Å². The summed E-state index contributed by atoms with van der Waals surface area (Å²) in [6.07, 6.45) is 1.01. The first-order valence-electron chi connectivity index (χ1n) is 4.85. The van der Waals surface area contributed by atoms with Gasteiger partial charge in [0.2, 0.25) is 5.91 Å². The van der Waals surface area contributed by atoms with Crippen molar-refractivity contribution in [1.82, 2.24) is 4.90 Å². The first kappa shape index (κ1) is 8.36. The van der Waals surface area contributed by atoms with Crippen molar-refractivity contribution < 1.29 is 4.79 Å². The SMILES string of the molecule is O=C1CS[C@@H]2c3ccccc3CCN12. The number of rotatable bonds is 0. The number of carbonyl (C=O) groups is 1. The van der Waals surface area contributed by atoms with E-state index in [-0.39, 0.29) is 0 Å². The van der Waals surface area contributed by atoms with Gasteiger partial charge in [0.05, 0.1) is 5.75 Å². The number of amides is 1. The van der Waals surface area contributed by atoms with Gasteiger partial charge in [0.15, 0.2) is 0 Å². The lowest BCUT2D eigenvalue weighted by molar-refractivity contribution is -0.128. The first-order chi connectivity index (χ1) is 6.86. The maximum absolute atomic E-state index is 11.5. The smallest absolute Gasteiger partial charge is 0.233 e. The van der Waals surface area contributed by atoms with Crippen LogP contribution in [-0.2, 0) is 11.2 Å². The summed E-state index contributed by atoms with van der Waals surface area (Å²) < 4.78 is 0. The zero-order chi connectivity index (χ0) is 9.54. The van der Waals surface area contributed by atoms with Crippen LogP contribution in [0.25, 0.3) is 0 Å². The zero-order valence-electron chi connectivity index (χ0n) is 7.77. The second-order valence-electron chi connectivity index (χ2n) is 3.70. The lowest BCUT2D eigenvalue weighted by Crippen LogP contribution is -2.34. The molecule has 14 heavy (non-hydrogen) atoms. The summed E-state index contributed by atoms with van der Waals surface area (Å²) in [4.78, 5) is 13.5. The second-order valence-corrected chi connectivity index (χ2v) is 4.77. The molecule has 1 saturated heterocycles. The highest BCUT2D eigenvalue weighted by Crippen LogP contribution is 2.42. The molecular weight excluding hydrogens is 194 g/mol. The van der Waals surface area contributed by atoms with E-state index >= 15 is 0 Å². The molecule has 1 amide bonds. The van der Waals surface area contributed by atoms with Gasteiger partial charge in [-0.25, -0.2) is 0 Å². The molecule has 0 N–H and O–H groups in total. The Hall–Kier alpha value is -0.960. The van der Waals surface area contributed by atoms with Crippen LogP contribution in [0.1, 0.15) is 16.5 Å². The van der Waals surface area contributed by atoms with Crippen molar-refractivity contribution in [2.24, 2.45) is 0 Å². The van der Waals surface area contributed by atoms with Crippen LogP contribution < -0.4 is 0 Å². The Labute approximate surface area is 87.3 Å². The fourth-order valence-electron chi connectivity index (χ4n) is 2.20. The minimum atomic E-state index is 0.299. The van der Waals surface area contributed by atoms with E-state index < -0.39 is 0 Å². The molecule has 1 aromatic rings. The number of hydrogen-bond donors (Lipinski definition) is 0. The third kappa shape index (κ3) is 1.08. The van der Waals surface area contributed by atoms with Crippen molar-refractivity contribution in [2.75, 3.05) is 12.3 Å². The maximum atomic E-state index is 11.5. The molecule has 0 saturated carbocycles. The van der Waals surface area contributed by atoms with Crippen molar-refractivity contribution in [3.05, 3.63) is 35.4 Å². The average Bonchev–Trinajstić information content (AvgIpc) is 2.61. The molecule has 2 nitrogen and oxygen atoms in total. The summed E-state index contributed by atoms with van der Waals surface area (Å²) in [5.41, 5.74) is 2.76. The summed E-state index contributed by atoms with van der Waals surface area (Å²) in [6.45, 7) is 0.896. The Bertz CT molecular complexity index is 391. The summed E-state index contributed by atoms with van der Waals surface area (Å²) in [5.74, 6) is 0.952. The minimum Gasteiger partial charge on any atom is -0.325 e. The van der Waals surface area contributed by atoms with Gasteiger partial charge in [0.1, 0.15) is 5.37 Å². The highest BCUT2D eigenvalue weighted by molar-refractivity contribution is 8.00. The van der Waals surface area contributed by atoms with E-state index in [1.165, 1.54) is 11.1 Å². The van der Waals surface area contributed by atoms with Crippen LogP contribution >= 0.6 is 11.8 Å². The van der Waals surface area contributed by atoms with Crippen LogP contribution in [0.2, 0.25) is 0 Å². The highest BCUT2D eigenvalue weighted by Gasteiger charge is 2.36. The molecule has 2 heterocycles. The molecule has 72 valence electrons. The van der Waals surface area contributed by atoms with Crippen LogP contribution in [0.3, 0.4) is 0 Å². The lowest BCUT2D eigenvalue weighted by Gasteiger charge is -2.30. The van der Waals surface area contributed by atoms with Gasteiger partial charge in [-0.3, -0.25) is 4.79 Å². The summed E-state index contributed by atoms with van der Waals surface area (Å²) in [7, 11) is 0. The number of thioether (sulfide) groups is 1. The largest absolute Gasteiger partial charge is 0.325 e. The van der Waals surface area contributed by atoms with Gasteiger partial charge in [-0.15, -0.1) is 11.8 Å². The monoisotopic (exact) mass is 205 g/mol. The number of carbonyl (C=O) groups excluding carboxylic acids is 1. The molecule has 1 fully saturated rings. The normalized spacial score (nSPS) is 24.7. The van der Waals surface area contributed by atoms with Crippen molar-refractivity contribution in [3.63, 3.8) is 0 Å². The topological polar surface area (TPSA) is 20.3 Å². The van der Waals surface area contributed by atoms with Gasteiger partial charge in [0.25, 0.3) is 0 Å². The van der Waals surface area contributed by atoms with Crippen LogP contribution in [0.5, 0.6) is 0 Å². The number of nitrogens with zero attached hydrogens (tertiary/aromatic N) is 1. The standard InChI is InChI=1S/C11H11NOS/c13-10-7-14-11-9-4-2-1-3-8(9)5-6-12(10)11/h1-4,11H,5-7H2/t11-/m1/s1. The average molecular weight is 205 g/mol. The molecule has 0 unspecified atom stereocenters. The number of fused-ring (bicyclic) bond motifs is 3. The number of benzene rings is 1. The Kier molecular flexibility index (Phi) is 1.80. The Morgan fingerprint density at radius 3 is 3.14 bits per heavy atom. The molecule has 3 heteroatoms. The van der Waals surface area contributed by atoms with E-state index in [9.17, 15) is 4.79 Å². The summed E-state index contributed by atoms with van der Waals surface area (Å²) in [5, 5.41) is 0.299. The fourth-order valence-corrected chi connectivity index (χ4v) is 3.48. The highest BCUT2D eigenvalue weighted by atomic mass is 32.2. The molecule has 2 aliphatic rings. The van der Waals surface area contributed by atoms with Crippen molar-refractivity contribution in [2.45, 2.75) is 11.8 Å². The maximum Gasteiger partial charge on any atom is 0.233 e. The van der Waals surface area contributed by atoms with Gasteiger partial charge in [-0.2, -0.15) is 0 Å². The summed E-state index contributed by atoms with van der Waals surface area (Å²) >= 11 is 1.75. The lowest BCUT2D eigenvalue weighted by atomic mass is 10.00. The molecule has 0 aliphatic carbocycles. The molecule has 1 atom stereocenters. The second kappa shape index (κ2) is 3.02. The van der Waals surface area contributed by atoms with E-state index in [0.29, 0.717) is 17.0 Å². The van der Waals surface area contributed by atoms with Gasteiger partial charge < -0.3 is 4.90 Å². The fraction of sp³-hybridized carbons (Fsp3) is 0.364. The zero-order valence-corrected chi connectivity index (χ0v) is 8.59. The minimum absolute atomic E-state index is 0.299. The van der Waals surface area contributed by atoms with Crippen LogP contribution in [0.15, 0.2) is 24.3 Å². The molecule has 0 radical (unpaired) electrons. The Morgan fingerprint density at radius 1 is 1.36 bits per heavy atom. The third-order valence-corrected chi connectivity index (χ3v) is 4.15. The van der Waals surface area contributed by atoms with E-state index in [1.807, 2.05) is 4.90 Å². The molecular formula is C11H11NOS. The predicted octanol–water partition coefficient (Wildman–Crippen LogP) is 1.82. The van der Waals surface area contributed by atoms with Gasteiger partial charge in [0, 0.05) is 6.54 Å². The Balaban J connectivity index is 2.07. The third-order valence-electron chi connectivity index (χ3n) is 2.91. The van der Waals surface area contributed by atoms with Gasteiger partial charge in [-0.1, -0.05) is 24.3 Å². The van der Waals surface area contributed by atoms with Gasteiger partial charge >= 0.3 is 0 Å². The molecule has 0 spiro atoms. The van der Waals surface area contributed by atoms with Crippen molar-refractivity contribution >= 4 is 17.7 Å². The molecule has 0 bridgehead atoms. The Morgan fingerprint density at radius 2 is 2.21 bits per heavy atom. The van der Waals surface area contributed by atoms with E-state index in [0.717, 1.165) is 13.0 Å². The van der Waals surface area contributed by atoms with Crippen LogP contribution in [-0.4, -0.2) is 23.1 Å². The quantitative estimate of drug-likeness (QED) is 0.644. The predicted molar refractivity (Wildman–Crippen MR) is 57.1 cm³/mol. The van der Waals surface area contributed by atoms with Crippen LogP contribution in [0.4, 0.5) is 0 Å². The first-order valence-corrected chi connectivity index (χ1v) is 5.90. The van der Waals surface area contributed by atoms with Gasteiger partial charge in [-0.05, 0) is 17.5 Å². The summed E-state index contributed by atoms with van der Waals surface area (Å²) in [6, 6.07) is 8.47. The van der Waals surface area contributed by atoms with E-state index in [1.54, 1.807) is 11.8 Å². The number of hydrogen-bond acceptors (Lipinski definition) is 2. The van der Waals surface area contributed by atoms with Crippen LogP contribution in [0, 0.1) is 0 Å². The van der Waals surface area contributed by atoms with Crippen molar-refractivity contribution in [3.8, 4) is 0 Å². The van der Waals surface area contributed by atoms with E-state index in [4.69, 9.17) is 0 Å².